The van der Waals surface area contributed by atoms with Crippen molar-refractivity contribution in [3.8, 4) is 0 Å². The Hall–Kier alpha value is -2.38. The molecule has 7 heteroatoms. The summed E-state index contributed by atoms with van der Waals surface area (Å²) < 4.78 is 15.0. The molecule has 0 unspecified atom stereocenters. The van der Waals surface area contributed by atoms with Crippen molar-refractivity contribution in [2.75, 3.05) is 19.6 Å². The number of aromatic nitrogens is 4. The molecule has 4 rings (SSSR count). The maximum absolute atomic E-state index is 13.0. The van der Waals surface area contributed by atoms with Gasteiger partial charge in [-0.2, -0.15) is 5.10 Å². The molecule has 3 aromatic rings. The Morgan fingerprint density at radius 1 is 1.26 bits per heavy atom. The first-order valence-electron chi connectivity index (χ1n) is 9.56. The smallest absolute Gasteiger partial charge is 0.177 e. The molecule has 0 saturated carbocycles. The fraction of sp³-hybridized carbons (Fsp3) is 0.450. The molecule has 1 aromatic carbocycles. The van der Waals surface area contributed by atoms with Crippen LogP contribution in [-0.4, -0.2) is 45.4 Å². The first kappa shape index (κ1) is 18.0. The summed E-state index contributed by atoms with van der Waals surface area (Å²) in [7, 11) is 0. The minimum Gasteiger partial charge on any atom is -0.316 e. The van der Waals surface area contributed by atoms with Crippen molar-refractivity contribution in [1.29, 1.82) is 0 Å². The number of fused-ring (bicyclic) bond motifs is 1. The van der Waals surface area contributed by atoms with E-state index in [2.05, 4.69) is 27.5 Å². The van der Waals surface area contributed by atoms with Crippen LogP contribution in [0.5, 0.6) is 0 Å². The van der Waals surface area contributed by atoms with Crippen LogP contribution in [0, 0.1) is 5.82 Å². The standard InChI is InChI=1S/C20H25FN6/c1-14(12-15-2-4-17(21)5-3-15)23-10-11-27-20-19(24-8-9-25-20)18(26-27)16-6-7-22-13-16/h2-5,8-9,14,16,22-23H,6-7,10-13H2,1H3/t14-,16-/m1/s1. The monoisotopic (exact) mass is 368 g/mol. The number of benzene rings is 1. The normalized spacial score (nSPS) is 18.2. The summed E-state index contributed by atoms with van der Waals surface area (Å²) in [6.07, 6.45) is 5.42. The molecule has 2 N–H and O–H groups in total. The van der Waals surface area contributed by atoms with Gasteiger partial charge < -0.3 is 10.6 Å². The van der Waals surface area contributed by atoms with Crippen LogP contribution in [0.15, 0.2) is 36.7 Å². The summed E-state index contributed by atoms with van der Waals surface area (Å²) in [4.78, 5) is 9.03. The van der Waals surface area contributed by atoms with E-state index in [0.29, 0.717) is 12.0 Å². The van der Waals surface area contributed by atoms with Crippen LogP contribution < -0.4 is 10.6 Å². The number of nitrogens with zero attached hydrogens (tertiary/aromatic N) is 4. The van der Waals surface area contributed by atoms with Gasteiger partial charge in [0.15, 0.2) is 5.65 Å². The average molecular weight is 368 g/mol. The average Bonchev–Trinajstić information content (AvgIpc) is 3.32. The van der Waals surface area contributed by atoms with E-state index in [9.17, 15) is 4.39 Å². The lowest BCUT2D eigenvalue weighted by molar-refractivity contribution is 0.494. The zero-order valence-electron chi connectivity index (χ0n) is 15.5. The van der Waals surface area contributed by atoms with Gasteiger partial charge in [0, 0.05) is 37.4 Å². The first-order valence-corrected chi connectivity index (χ1v) is 9.56. The number of rotatable bonds is 7. The number of nitrogens with one attached hydrogen (secondary N) is 2. The van der Waals surface area contributed by atoms with Gasteiger partial charge in [0.05, 0.1) is 12.2 Å². The summed E-state index contributed by atoms with van der Waals surface area (Å²) in [5.74, 6) is 0.218. The van der Waals surface area contributed by atoms with Crippen molar-refractivity contribution in [1.82, 2.24) is 30.4 Å². The van der Waals surface area contributed by atoms with Gasteiger partial charge in [0.2, 0.25) is 0 Å². The second kappa shape index (κ2) is 8.10. The van der Waals surface area contributed by atoms with Gasteiger partial charge in [-0.25, -0.2) is 19.0 Å². The number of hydrogen-bond acceptors (Lipinski definition) is 5. The van der Waals surface area contributed by atoms with Crippen molar-refractivity contribution in [2.24, 2.45) is 0 Å². The molecule has 1 saturated heterocycles. The van der Waals surface area contributed by atoms with Crippen molar-refractivity contribution in [3.05, 3.63) is 53.7 Å². The summed E-state index contributed by atoms with van der Waals surface area (Å²) in [5.41, 5.74) is 3.96. The van der Waals surface area contributed by atoms with Crippen molar-refractivity contribution < 1.29 is 4.39 Å². The molecule has 0 aliphatic carbocycles. The van der Waals surface area contributed by atoms with E-state index in [4.69, 9.17) is 5.10 Å². The van der Waals surface area contributed by atoms with Crippen LogP contribution in [0.3, 0.4) is 0 Å². The largest absolute Gasteiger partial charge is 0.316 e. The zero-order chi connectivity index (χ0) is 18.6. The predicted octanol–water partition coefficient (Wildman–Crippen LogP) is 2.26. The lowest BCUT2D eigenvalue weighted by atomic mass is 10.0. The molecule has 2 aromatic heterocycles. The van der Waals surface area contributed by atoms with Gasteiger partial charge in [-0.15, -0.1) is 0 Å². The quantitative estimate of drug-likeness (QED) is 0.670. The predicted molar refractivity (Wildman–Crippen MR) is 103 cm³/mol. The van der Waals surface area contributed by atoms with E-state index in [-0.39, 0.29) is 5.82 Å². The van der Waals surface area contributed by atoms with Gasteiger partial charge in [0.25, 0.3) is 0 Å². The molecule has 0 amide bonds. The Balaban J connectivity index is 1.39. The van der Waals surface area contributed by atoms with Gasteiger partial charge in [-0.05, 0) is 44.0 Å². The molecular weight excluding hydrogens is 343 g/mol. The molecule has 142 valence electrons. The summed E-state index contributed by atoms with van der Waals surface area (Å²) in [6, 6.07) is 6.99. The third kappa shape index (κ3) is 4.14. The second-order valence-corrected chi connectivity index (χ2v) is 7.21. The highest BCUT2D eigenvalue weighted by molar-refractivity contribution is 5.73. The fourth-order valence-electron chi connectivity index (χ4n) is 3.71. The molecule has 0 spiro atoms. The van der Waals surface area contributed by atoms with Crippen molar-refractivity contribution in [3.63, 3.8) is 0 Å². The Morgan fingerprint density at radius 2 is 2.07 bits per heavy atom. The Labute approximate surface area is 158 Å². The molecule has 2 atom stereocenters. The van der Waals surface area contributed by atoms with Crippen LogP contribution >= 0.6 is 0 Å². The molecule has 6 nitrogen and oxygen atoms in total. The molecule has 1 aliphatic heterocycles. The summed E-state index contributed by atoms with van der Waals surface area (Å²) >= 11 is 0. The van der Waals surface area contributed by atoms with Crippen LogP contribution in [-0.2, 0) is 13.0 Å². The third-order valence-corrected chi connectivity index (χ3v) is 5.11. The second-order valence-electron chi connectivity index (χ2n) is 7.21. The van der Waals surface area contributed by atoms with Crippen LogP contribution in [0.25, 0.3) is 11.2 Å². The lowest BCUT2D eigenvalue weighted by Gasteiger charge is -2.14. The van der Waals surface area contributed by atoms with Crippen molar-refractivity contribution >= 4 is 11.2 Å². The topological polar surface area (TPSA) is 67.7 Å². The molecule has 0 bridgehead atoms. The van der Waals surface area contributed by atoms with E-state index < -0.39 is 0 Å². The van der Waals surface area contributed by atoms with Gasteiger partial charge in [-0.3, -0.25) is 0 Å². The van der Waals surface area contributed by atoms with E-state index in [1.54, 1.807) is 12.4 Å². The lowest BCUT2D eigenvalue weighted by Crippen LogP contribution is -2.31. The van der Waals surface area contributed by atoms with Crippen LogP contribution in [0.2, 0.25) is 0 Å². The maximum atomic E-state index is 13.0. The maximum Gasteiger partial charge on any atom is 0.177 e. The van der Waals surface area contributed by atoms with Crippen molar-refractivity contribution in [2.45, 2.75) is 38.3 Å². The SMILES string of the molecule is C[C@H](Cc1ccc(F)cc1)NCCn1nc([C@@H]2CCNC2)c2nccnc21. The van der Waals surface area contributed by atoms with E-state index in [1.165, 1.54) is 12.1 Å². The molecule has 3 heterocycles. The zero-order valence-corrected chi connectivity index (χ0v) is 15.5. The summed E-state index contributed by atoms with van der Waals surface area (Å²) in [6.45, 7) is 5.65. The molecule has 1 aliphatic rings. The Morgan fingerprint density at radius 3 is 2.85 bits per heavy atom. The van der Waals surface area contributed by atoms with Crippen LogP contribution in [0.4, 0.5) is 4.39 Å². The minimum absolute atomic E-state index is 0.195. The summed E-state index contributed by atoms with van der Waals surface area (Å²) in [5, 5.41) is 11.8. The van der Waals surface area contributed by atoms with E-state index in [0.717, 1.165) is 61.4 Å². The molecule has 1 fully saturated rings. The number of hydrogen-bond donors (Lipinski definition) is 2. The van der Waals surface area contributed by atoms with E-state index in [1.807, 2.05) is 16.8 Å². The highest BCUT2D eigenvalue weighted by Crippen LogP contribution is 2.26. The highest BCUT2D eigenvalue weighted by atomic mass is 19.1. The van der Waals surface area contributed by atoms with Gasteiger partial charge >= 0.3 is 0 Å². The third-order valence-electron chi connectivity index (χ3n) is 5.11. The fourth-order valence-corrected chi connectivity index (χ4v) is 3.71. The number of halogens is 1. The minimum atomic E-state index is -0.195. The Kier molecular flexibility index (Phi) is 5.40. The Bertz CT molecular complexity index is 885. The molecule has 27 heavy (non-hydrogen) atoms. The van der Waals surface area contributed by atoms with Gasteiger partial charge in [-0.1, -0.05) is 12.1 Å². The van der Waals surface area contributed by atoms with Crippen LogP contribution in [0.1, 0.15) is 30.5 Å². The molecule has 0 radical (unpaired) electrons. The van der Waals surface area contributed by atoms with E-state index >= 15 is 0 Å². The molecular formula is C20H25FN6. The van der Waals surface area contributed by atoms with Gasteiger partial charge in [0.1, 0.15) is 11.3 Å². The highest BCUT2D eigenvalue weighted by Gasteiger charge is 2.24. The first-order chi connectivity index (χ1) is 13.2.